The first-order chi connectivity index (χ1) is 11.6. The fourth-order valence-corrected chi connectivity index (χ4v) is 3.44. The van der Waals surface area contributed by atoms with E-state index in [9.17, 15) is 18.0 Å². The zero-order chi connectivity index (χ0) is 18.8. The summed E-state index contributed by atoms with van der Waals surface area (Å²) >= 11 is 0. The van der Waals surface area contributed by atoms with Crippen LogP contribution < -0.4 is 5.32 Å². The van der Waals surface area contributed by atoms with Gasteiger partial charge in [-0.3, -0.25) is 4.79 Å². The van der Waals surface area contributed by atoms with Crippen molar-refractivity contribution >= 4 is 21.9 Å². The minimum atomic E-state index is -3.50. The zero-order valence-electron chi connectivity index (χ0n) is 14.3. The highest BCUT2D eigenvalue weighted by atomic mass is 32.2. The number of benzene rings is 1. The van der Waals surface area contributed by atoms with Gasteiger partial charge in [0.25, 0.3) is 0 Å². The summed E-state index contributed by atoms with van der Waals surface area (Å²) in [6.07, 6.45) is -1.06. The summed E-state index contributed by atoms with van der Waals surface area (Å²) in [5.41, 5.74) is 0.735. The van der Waals surface area contributed by atoms with Crippen LogP contribution in [-0.4, -0.2) is 56.0 Å². The molecule has 2 rings (SSSR count). The lowest BCUT2D eigenvalue weighted by molar-refractivity contribution is -0.151. The van der Waals surface area contributed by atoms with E-state index in [4.69, 9.17) is 9.84 Å². The van der Waals surface area contributed by atoms with Crippen LogP contribution in [0.15, 0.2) is 29.2 Å². The van der Waals surface area contributed by atoms with Crippen molar-refractivity contribution in [2.45, 2.75) is 42.9 Å². The fraction of sp³-hybridized carbons (Fsp3) is 0.500. The van der Waals surface area contributed by atoms with Crippen molar-refractivity contribution in [2.75, 3.05) is 14.1 Å². The van der Waals surface area contributed by atoms with Gasteiger partial charge in [-0.25, -0.2) is 17.5 Å². The lowest BCUT2D eigenvalue weighted by atomic mass is 10.1. The Morgan fingerprint density at radius 3 is 2.24 bits per heavy atom. The second kappa shape index (κ2) is 7.51. The van der Waals surface area contributed by atoms with Gasteiger partial charge in [-0.05, 0) is 37.5 Å². The number of ether oxygens (including phenoxy) is 1. The number of hydrogen-bond donors (Lipinski definition) is 2. The fourth-order valence-electron chi connectivity index (χ4n) is 2.54. The van der Waals surface area contributed by atoms with Crippen molar-refractivity contribution in [1.82, 2.24) is 9.62 Å². The van der Waals surface area contributed by atoms with Crippen LogP contribution in [0.1, 0.15) is 31.4 Å². The molecule has 1 aliphatic heterocycles. The van der Waals surface area contributed by atoms with Crippen molar-refractivity contribution in [3.05, 3.63) is 29.8 Å². The average molecular weight is 370 g/mol. The average Bonchev–Trinajstić information content (AvgIpc) is 3.05. The summed E-state index contributed by atoms with van der Waals surface area (Å²) in [6, 6.07) is 5.88. The predicted molar refractivity (Wildman–Crippen MR) is 89.4 cm³/mol. The molecular formula is C16H22N2O6S. The molecule has 1 aromatic rings. The molecule has 0 radical (unpaired) electrons. The van der Waals surface area contributed by atoms with Gasteiger partial charge in [0.1, 0.15) is 6.10 Å². The van der Waals surface area contributed by atoms with Crippen LogP contribution in [0, 0.1) is 0 Å². The van der Waals surface area contributed by atoms with Crippen molar-refractivity contribution in [3.8, 4) is 0 Å². The van der Waals surface area contributed by atoms with Crippen molar-refractivity contribution in [1.29, 1.82) is 0 Å². The molecule has 1 amide bonds. The van der Waals surface area contributed by atoms with Gasteiger partial charge in [0.2, 0.25) is 15.9 Å². The summed E-state index contributed by atoms with van der Waals surface area (Å²) in [5.74, 6) is -1.44. The lowest BCUT2D eigenvalue weighted by Crippen LogP contribution is -2.37. The minimum Gasteiger partial charge on any atom is -0.479 e. The monoisotopic (exact) mass is 370 g/mol. The van der Waals surface area contributed by atoms with E-state index in [0.717, 1.165) is 9.87 Å². The molecule has 138 valence electrons. The highest BCUT2D eigenvalue weighted by Crippen LogP contribution is 2.22. The number of hydrogen-bond acceptors (Lipinski definition) is 5. The van der Waals surface area contributed by atoms with E-state index in [1.165, 1.54) is 26.2 Å². The summed E-state index contributed by atoms with van der Waals surface area (Å²) in [5, 5.41) is 11.7. The third kappa shape index (κ3) is 4.36. The molecule has 0 saturated carbocycles. The first-order valence-corrected chi connectivity index (χ1v) is 9.28. The van der Waals surface area contributed by atoms with E-state index in [1.54, 1.807) is 19.1 Å². The number of nitrogens with one attached hydrogen (secondary N) is 1. The molecule has 9 heteroatoms. The Kier molecular flexibility index (Phi) is 5.81. The summed E-state index contributed by atoms with van der Waals surface area (Å²) in [6.45, 7) is 1.76. The molecule has 1 aliphatic rings. The Bertz CT molecular complexity index is 744. The van der Waals surface area contributed by atoms with Gasteiger partial charge in [-0.15, -0.1) is 0 Å². The van der Waals surface area contributed by atoms with Crippen LogP contribution in [0.2, 0.25) is 0 Å². The first-order valence-electron chi connectivity index (χ1n) is 7.84. The van der Waals surface area contributed by atoms with Crippen LogP contribution in [-0.2, 0) is 24.3 Å². The first kappa shape index (κ1) is 19.4. The molecule has 1 saturated heterocycles. The second-order valence-electron chi connectivity index (χ2n) is 6.12. The Hall–Kier alpha value is -1.97. The predicted octanol–water partition coefficient (Wildman–Crippen LogP) is 0.746. The van der Waals surface area contributed by atoms with Gasteiger partial charge in [0.15, 0.2) is 6.10 Å². The maximum Gasteiger partial charge on any atom is 0.332 e. The van der Waals surface area contributed by atoms with E-state index >= 15 is 0 Å². The van der Waals surface area contributed by atoms with E-state index in [0.29, 0.717) is 12.8 Å². The lowest BCUT2D eigenvalue weighted by Gasteiger charge is -2.18. The standard InChI is InChI=1S/C16H22N2O6S/c1-10(17-15(19)13-8-9-14(24-13)16(20)21)11-4-6-12(7-5-11)25(22,23)18(2)3/h4-7,10,13-14H,8-9H2,1-3H3,(H,17,19)(H,20,21)/t10?,13-,14+/m0/s1. The Labute approximate surface area is 146 Å². The highest BCUT2D eigenvalue weighted by molar-refractivity contribution is 7.89. The van der Waals surface area contributed by atoms with E-state index in [1.807, 2.05) is 0 Å². The van der Waals surface area contributed by atoms with Crippen molar-refractivity contribution < 1.29 is 27.9 Å². The molecule has 0 bridgehead atoms. The number of sulfonamides is 1. The van der Waals surface area contributed by atoms with E-state index < -0.39 is 28.2 Å². The van der Waals surface area contributed by atoms with Gasteiger partial charge in [0, 0.05) is 14.1 Å². The quantitative estimate of drug-likeness (QED) is 0.764. The maximum atomic E-state index is 12.2. The highest BCUT2D eigenvalue weighted by Gasteiger charge is 2.35. The molecule has 0 aliphatic carbocycles. The zero-order valence-corrected chi connectivity index (χ0v) is 15.1. The number of nitrogens with zero attached hydrogens (tertiary/aromatic N) is 1. The van der Waals surface area contributed by atoms with Crippen LogP contribution in [0.25, 0.3) is 0 Å². The molecule has 0 aromatic heterocycles. The Morgan fingerprint density at radius 2 is 1.76 bits per heavy atom. The SMILES string of the molecule is CC(NC(=O)[C@@H]1CC[C@H](C(=O)O)O1)c1ccc(S(=O)(=O)N(C)C)cc1. The minimum absolute atomic E-state index is 0.170. The van der Waals surface area contributed by atoms with Gasteiger partial charge in [-0.1, -0.05) is 12.1 Å². The molecule has 1 unspecified atom stereocenters. The largest absolute Gasteiger partial charge is 0.479 e. The van der Waals surface area contributed by atoms with Gasteiger partial charge in [-0.2, -0.15) is 0 Å². The number of amides is 1. The number of carboxylic acids is 1. The van der Waals surface area contributed by atoms with E-state index in [-0.39, 0.29) is 16.8 Å². The third-order valence-electron chi connectivity index (χ3n) is 4.10. The summed E-state index contributed by atoms with van der Waals surface area (Å²) in [7, 11) is -0.587. The Morgan fingerprint density at radius 1 is 1.20 bits per heavy atom. The van der Waals surface area contributed by atoms with Gasteiger partial charge in [0.05, 0.1) is 10.9 Å². The normalized spacial score (nSPS) is 21.9. The molecule has 1 aromatic carbocycles. The molecule has 25 heavy (non-hydrogen) atoms. The van der Waals surface area contributed by atoms with E-state index in [2.05, 4.69) is 5.32 Å². The number of carbonyl (C=O) groups is 2. The molecule has 3 atom stereocenters. The smallest absolute Gasteiger partial charge is 0.332 e. The maximum absolute atomic E-state index is 12.2. The second-order valence-corrected chi connectivity index (χ2v) is 8.27. The van der Waals surface area contributed by atoms with Crippen LogP contribution in [0.3, 0.4) is 0 Å². The van der Waals surface area contributed by atoms with Crippen LogP contribution in [0.5, 0.6) is 0 Å². The molecule has 0 spiro atoms. The number of aliphatic carboxylic acids is 1. The number of rotatable bonds is 6. The van der Waals surface area contributed by atoms with Crippen LogP contribution >= 0.6 is 0 Å². The molecule has 1 fully saturated rings. The summed E-state index contributed by atoms with van der Waals surface area (Å²) < 4.78 is 30.4. The topological polar surface area (TPSA) is 113 Å². The van der Waals surface area contributed by atoms with Crippen molar-refractivity contribution in [3.63, 3.8) is 0 Å². The van der Waals surface area contributed by atoms with Crippen LogP contribution in [0.4, 0.5) is 0 Å². The van der Waals surface area contributed by atoms with Gasteiger partial charge < -0.3 is 15.2 Å². The Balaban J connectivity index is 2.00. The molecule has 2 N–H and O–H groups in total. The molecular weight excluding hydrogens is 348 g/mol. The number of carboxylic acid groups (broad SMARTS) is 1. The molecule has 8 nitrogen and oxygen atoms in total. The summed E-state index contributed by atoms with van der Waals surface area (Å²) in [4.78, 5) is 23.2. The van der Waals surface area contributed by atoms with Gasteiger partial charge >= 0.3 is 5.97 Å². The van der Waals surface area contributed by atoms with Crippen molar-refractivity contribution in [2.24, 2.45) is 0 Å². The number of carbonyl (C=O) groups excluding carboxylic acids is 1. The molecule has 1 heterocycles. The third-order valence-corrected chi connectivity index (χ3v) is 5.93.